The molecule has 5 nitrogen and oxygen atoms in total. The Balaban J connectivity index is 1.54. The maximum Gasteiger partial charge on any atom is 0.240 e. The van der Waals surface area contributed by atoms with Crippen LogP contribution in [-0.2, 0) is 14.4 Å². The molecule has 0 bridgehead atoms. The Hall–Kier alpha value is -3.73. The molecule has 2 saturated heterocycles. The van der Waals surface area contributed by atoms with Gasteiger partial charge in [0.15, 0.2) is 5.78 Å². The van der Waals surface area contributed by atoms with Crippen LogP contribution in [0, 0.1) is 17.3 Å². The molecule has 0 spiro atoms. The van der Waals surface area contributed by atoms with Crippen molar-refractivity contribution in [2.75, 3.05) is 4.90 Å². The zero-order valence-corrected chi connectivity index (χ0v) is 19.4. The molecule has 3 aromatic rings. The average molecular weight is 451 g/mol. The van der Waals surface area contributed by atoms with E-state index in [1.807, 2.05) is 105 Å². The fourth-order valence-electron chi connectivity index (χ4n) is 5.94. The van der Waals surface area contributed by atoms with Gasteiger partial charge in [-0.3, -0.25) is 14.4 Å². The van der Waals surface area contributed by atoms with Gasteiger partial charge in [-0.2, -0.15) is 0 Å². The van der Waals surface area contributed by atoms with Gasteiger partial charge in [-0.25, -0.2) is 4.90 Å². The molecule has 170 valence electrons. The first kappa shape index (κ1) is 20.8. The molecule has 0 aliphatic carbocycles. The summed E-state index contributed by atoms with van der Waals surface area (Å²) in [7, 11) is 0. The monoisotopic (exact) mass is 450 g/mol. The molecule has 3 aliphatic rings. The molecule has 2 amide bonds. The number of anilines is 1. The van der Waals surface area contributed by atoms with Crippen molar-refractivity contribution in [1.29, 1.82) is 0 Å². The number of nitrogens with zero attached hydrogens (tertiary/aromatic N) is 2. The van der Waals surface area contributed by atoms with E-state index in [0.29, 0.717) is 5.69 Å². The number of carbonyl (C=O) groups is 3. The Morgan fingerprint density at radius 3 is 2.29 bits per heavy atom. The van der Waals surface area contributed by atoms with Crippen molar-refractivity contribution in [2.45, 2.75) is 32.9 Å². The lowest BCUT2D eigenvalue weighted by Crippen LogP contribution is -2.47. The van der Waals surface area contributed by atoms with Crippen LogP contribution in [0.1, 0.15) is 37.9 Å². The number of ketones is 1. The van der Waals surface area contributed by atoms with Crippen LogP contribution in [0.15, 0.2) is 72.9 Å². The standard InChI is InChI=1S/C29H26N2O3/c1-29(2,3)26(32)25-23-22(24-20-13-7-5-10-18(20)15-16-30(24)25)27(33)31(28(23)34)21-14-8-11-17-9-4-6-12-19(17)21/h4-16,22-25H,1-3H3/t22-,23-,24+,25+/m1/s1. The first-order valence-electron chi connectivity index (χ1n) is 11.7. The van der Waals surface area contributed by atoms with E-state index in [0.717, 1.165) is 21.9 Å². The van der Waals surface area contributed by atoms with Crippen LogP contribution in [0.3, 0.4) is 0 Å². The Morgan fingerprint density at radius 2 is 1.50 bits per heavy atom. The Bertz CT molecular complexity index is 1390. The van der Waals surface area contributed by atoms with Crippen LogP contribution in [0.5, 0.6) is 0 Å². The molecule has 34 heavy (non-hydrogen) atoms. The molecule has 3 aromatic carbocycles. The quantitative estimate of drug-likeness (QED) is 0.517. The second-order valence-corrected chi connectivity index (χ2v) is 10.5. The fraction of sp³-hybridized carbons (Fsp3) is 0.276. The van der Waals surface area contributed by atoms with E-state index < -0.39 is 23.3 Å². The molecule has 4 atom stereocenters. The number of benzene rings is 3. The van der Waals surface area contributed by atoms with E-state index in [1.165, 1.54) is 4.90 Å². The second kappa shape index (κ2) is 7.13. The lowest BCUT2D eigenvalue weighted by atomic mass is 9.79. The van der Waals surface area contributed by atoms with Crippen LogP contribution in [0.25, 0.3) is 16.8 Å². The van der Waals surface area contributed by atoms with Crippen LogP contribution in [0.4, 0.5) is 5.69 Å². The smallest absolute Gasteiger partial charge is 0.240 e. The minimum atomic E-state index is -0.723. The van der Waals surface area contributed by atoms with Gasteiger partial charge in [-0.1, -0.05) is 81.4 Å². The maximum atomic E-state index is 14.1. The van der Waals surface area contributed by atoms with E-state index >= 15 is 0 Å². The van der Waals surface area contributed by atoms with Crippen molar-refractivity contribution in [1.82, 2.24) is 4.90 Å². The molecule has 0 saturated carbocycles. The van der Waals surface area contributed by atoms with E-state index in [-0.39, 0.29) is 23.6 Å². The summed E-state index contributed by atoms with van der Waals surface area (Å²) in [6.45, 7) is 5.63. The first-order chi connectivity index (χ1) is 16.3. The third-order valence-electron chi connectivity index (χ3n) is 7.48. The van der Waals surface area contributed by atoms with E-state index in [4.69, 9.17) is 0 Å². The molecule has 6 rings (SSSR count). The molecule has 3 heterocycles. The number of amides is 2. The van der Waals surface area contributed by atoms with Crippen molar-refractivity contribution >= 4 is 40.1 Å². The van der Waals surface area contributed by atoms with Gasteiger partial charge in [0.1, 0.15) is 6.04 Å². The molecule has 2 fully saturated rings. The summed E-state index contributed by atoms with van der Waals surface area (Å²) in [5, 5.41) is 1.82. The number of carbonyl (C=O) groups excluding carboxylic acids is 3. The van der Waals surface area contributed by atoms with Gasteiger partial charge < -0.3 is 4.90 Å². The van der Waals surface area contributed by atoms with Crippen LogP contribution in [-0.4, -0.2) is 28.5 Å². The van der Waals surface area contributed by atoms with Gasteiger partial charge >= 0.3 is 0 Å². The lowest BCUT2D eigenvalue weighted by molar-refractivity contribution is -0.135. The third-order valence-corrected chi connectivity index (χ3v) is 7.48. The zero-order valence-electron chi connectivity index (χ0n) is 19.4. The molecule has 0 aromatic heterocycles. The van der Waals surface area contributed by atoms with Gasteiger partial charge in [-0.05, 0) is 28.7 Å². The van der Waals surface area contributed by atoms with Crippen LogP contribution < -0.4 is 4.90 Å². The Labute approximate surface area is 198 Å². The lowest BCUT2D eigenvalue weighted by Gasteiger charge is -2.37. The summed E-state index contributed by atoms with van der Waals surface area (Å²) in [4.78, 5) is 45.2. The summed E-state index contributed by atoms with van der Waals surface area (Å²) in [6.07, 6.45) is 3.88. The topological polar surface area (TPSA) is 57.7 Å². The molecule has 3 aliphatic heterocycles. The van der Waals surface area contributed by atoms with Crippen molar-refractivity contribution in [3.8, 4) is 0 Å². The van der Waals surface area contributed by atoms with Crippen molar-refractivity contribution in [3.05, 3.63) is 84.1 Å². The highest BCUT2D eigenvalue weighted by atomic mass is 16.2. The highest BCUT2D eigenvalue weighted by molar-refractivity contribution is 6.26. The van der Waals surface area contributed by atoms with Gasteiger partial charge in [0, 0.05) is 17.0 Å². The van der Waals surface area contributed by atoms with Gasteiger partial charge in [0.25, 0.3) is 0 Å². The van der Waals surface area contributed by atoms with Crippen molar-refractivity contribution < 1.29 is 14.4 Å². The fourth-order valence-corrected chi connectivity index (χ4v) is 5.94. The predicted octanol–water partition coefficient (Wildman–Crippen LogP) is 4.97. The minimum Gasteiger partial charge on any atom is -0.359 e. The highest BCUT2D eigenvalue weighted by Gasteiger charge is 2.65. The number of hydrogen-bond donors (Lipinski definition) is 0. The largest absolute Gasteiger partial charge is 0.359 e. The first-order valence-corrected chi connectivity index (χ1v) is 11.7. The van der Waals surface area contributed by atoms with E-state index in [9.17, 15) is 14.4 Å². The summed E-state index contributed by atoms with van der Waals surface area (Å²) < 4.78 is 0. The second-order valence-electron chi connectivity index (χ2n) is 10.5. The Kier molecular flexibility index (Phi) is 4.37. The van der Waals surface area contributed by atoms with E-state index in [2.05, 4.69) is 0 Å². The SMILES string of the molecule is CC(C)(C)C(=O)[C@@H]1[C@@H]2C(=O)N(c3cccc4ccccc34)C(=O)[C@H]2[C@@H]2c3ccccc3C=CN12. The minimum absolute atomic E-state index is 0.0186. The third kappa shape index (κ3) is 2.76. The molecular formula is C29H26N2O3. The van der Waals surface area contributed by atoms with Gasteiger partial charge in [0.2, 0.25) is 11.8 Å². The van der Waals surface area contributed by atoms with Crippen molar-refractivity contribution in [2.24, 2.45) is 17.3 Å². The van der Waals surface area contributed by atoms with E-state index in [1.54, 1.807) is 0 Å². The number of imide groups is 1. The molecule has 0 N–H and O–H groups in total. The normalized spacial score (nSPS) is 25.5. The number of hydrogen-bond acceptors (Lipinski definition) is 4. The predicted molar refractivity (Wildman–Crippen MR) is 132 cm³/mol. The molecule has 0 radical (unpaired) electrons. The zero-order chi connectivity index (χ0) is 23.8. The van der Waals surface area contributed by atoms with Crippen LogP contribution >= 0.6 is 0 Å². The summed E-state index contributed by atoms with van der Waals surface area (Å²) in [5.74, 6) is -1.87. The summed E-state index contributed by atoms with van der Waals surface area (Å²) in [6, 6.07) is 20.3. The molecule has 0 unspecified atom stereocenters. The number of Topliss-reactive ketones (excluding diaryl/α,β-unsaturated/α-hetero) is 1. The molecular weight excluding hydrogens is 424 g/mol. The summed E-state index contributed by atoms with van der Waals surface area (Å²) >= 11 is 0. The maximum absolute atomic E-state index is 14.1. The highest BCUT2D eigenvalue weighted by Crippen LogP contribution is 2.54. The number of rotatable bonds is 2. The van der Waals surface area contributed by atoms with Crippen LogP contribution in [0.2, 0.25) is 0 Å². The summed E-state index contributed by atoms with van der Waals surface area (Å²) in [5.41, 5.74) is 1.96. The number of fused-ring (bicyclic) bond motifs is 6. The van der Waals surface area contributed by atoms with Crippen molar-refractivity contribution in [3.63, 3.8) is 0 Å². The Morgan fingerprint density at radius 1 is 0.824 bits per heavy atom. The average Bonchev–Trinajstić information content (AvgIpc) is 3.30. The van der Waals surface area contributed by atoms with Gasteiger partial charge in [-0.15, -0.1) is 0 Å². The molecule has 5 heteroatoms. The van der Waals surface area contributed by atoms with Gasteiger partial charge in [0.05, 0.1) is 23.6 Å².